The van der Waals surface area contributed by atoms with Crippen LogP contribution in [0, 0.1) is 5.92 Å². The number of hydrogen-bond acceptors (Lipinski definition) is 1. The summed E-state index contributed by atoms with van der Waals surface area (Å²) >= 11 is 0. The van der Waals surface area contributed by atoms with Gasteiger partial charge in [-0.25, -0.2) is 0 Å². The van der Waals surface area contributed by atoms with Crippen molar-refractivity contribution in [3.05, 3.63) is 48.0 Å². The van der Waals surface area contributed by atoms with Crippen LogP contribution < -0.4 is 5.32 Å². The van der Waals surface area contributed by atoms with Crippen LogP contribution in [-0.4, -0.2) is 13.1 Å². The van der Waals surface area contributed by atoms with Gasteiger partial charge < -0.3 is 5.32 Å². The first-order valence-corrected chi connectivity index (χ1v) is 7.43. The van der Waals surface area contributed by atoms with Crippen molar-refractivity contribution in [1.82, 2.24) is 5.32 Å². The number of rotatable bonds is 6. The molecule has 0 aromatic heterocycles. The fraction of sp³-hybridized carbons (Fsp3) is 0.444. The van der Waals surface area contributed by atoms with E-state index in [2.05, 4.69) is 68.7 Å². The van der Waals surface area contributed by atoms with Crippen LogP contribution in [0.15, 0.2) is 42.5 Å². The Labute approximate surface area is 117 Å². The average molecular weight is 255 g/mol. The van der Waals surface area contributed by atoms with E-state index in [9.17, 15) is 0 Å². The zero-order chi connectivity index (χ0) is 13.7. The van der Waals surface area contributed by atoms with Crippen LogP contribution >= 0.6 is 0 Å². The van der Waals surface area contributed by atoms with Gasteiger partial charge in [-0.1, -0.05) is 69.2 Å². The smallest absolute Gasteiger partial charge is 0.0132 e. The van der Waals surface area contributed by atoms with Crippen molar-refractivity contribution in [2.75, 3.05) is 7.05 Å². The third-order valence-corrected chi connectivity index (χ3v) is 4.26. The zero-order valence-corrected chi connectivity index (χ0v) is 12.3. The summed E-state index contributed by atoms with van der Waals surface area (Å²) < 4.78 is 0. The van der Waals surface area contributed by atoms with Gasteiger partial charge in [-0.3, -0.25) is 0 Å². The maximum Gasteiger partial charge on any atom is 0.0132 e. The van der Waals surface area contributed by atoms with Gasteiger partial charge in [-0.2, -0.15) is 0 Å². The Morgan fingerprint density at radius 1 is 0.947 bits per heavy atom. The normalized spacial score (nSPS) is 13.1. The highest BCUT2D eigenvalue weighted by atomic mass is 14.9. The molecule has 1 nitrogen and oxygen atoms in total. The van der Waals surface area contributed by atoms with E-state index in [-0.39, 0.29) is 0 Å². The summed E-state index contributed by atoms with van der Waals surface area (Å²) in [6.07, 6.45) is 3.61. The number of hydrogen-bond donors (Lipinski definition) is 1. The second-order valence-corrected chi connectivity index (χ2v) is 5.36. The zero-order valence-electron chi connectivity index (χ0n) is 12.3. The molecule has 0 radical (unpaired) electrons. The standard InChI is InChI=1S/C18H25N/c1-4-15(5-2)18(19-3)13-14-10-11-16-8-6-7-9-17(16)12-14/h6-12,15,18-19H,4-5,13H2,1-3H3. The fourth-order valence-electron chi connectivity index (χ4n) is 2.98. The molecule has 0 aliphatic rings. The molecule has 1 atom stereocenters. The largest absolute Gasteiger partial charge is 0.316 e. The van der Waals surface area contributed by atoms with Crippen molar-refractivity contribution in [2.45, 2.75) is 39.2 Å². The highest BCUT2D eigenvalue weighted by molar-refractivity contribution is 5.82. The maximum absolute atomic E-state index is 3.50. The second-order valence-electron chi connectivity index (χ2n) is 5.36. The van der Waals surface area contributed by atoms with E-state index in [4.69, 9.17) is 0 Å². The highest BCUT2D eigenvalue weighted by Gasteiger charge is 2.16. The molecular weight excluding hydrogens is 230 g/mol. The van der Waals surface area contributed by atoms with Crippen molar-refractivity contribution < 1.29 is 0 Å². The SMILES string of the molecule is CCC(CC)C(Cc1ccc2ccccc2c1)NC. The van der Waals surface area contributed by atoms with Crippen LogP contribution in [0.1, 0.15) is 32.3 Å². The first kappa shape index (κ1) is 14.1. The van der Waals surface area contributed by atoms with Gasteiger partial charge in [0.1, 0.15) is 0 Å². The van der Waals surface area contributed by atoms with Gasteiger partial charge in [0.25, 0.3) is 0 Å². The van der Waals surface area contributed by atoms with Gasteiger partial charge >= 0.3 is 0 Å². The summed E-state index contributed by atoms with van der Waals surface area (Å²) in [7, 11) is 2.09. The van der Waals surface area contributed by atoms with E-state index in [1.165, 1.54) is 29.2 Å². The van der Waals surface area contributed by atoms with Crippen molar-refractivity contribution in [2.24, 2.45) is 5.92 Å². The number of fused-ring (bicyclic) bond motifs is 1. The summed E-state index contributed by atoms with van der Waals surface area (Å²) in [5, 5.41) is 6.18. The molecular formula is C18H25N. The summed E-state index contributed by atoms with van der Waals surface area (Å²) in [4.78, 5) is 0. The van der Waals surface area contributed by atoms with E-state index in [1.54, 1.807) is 0 Å². The molecule has 1 heteroatoms. The van der Waals surface area contributed by atoms with Gasteiger partial charge in [0.2, 0.25) is 0 Å². The predicted octanol–water partition coefficient (Wildman–Crippen LogP) is 4.41. The lowest BCUT2D eigenvalue weighted by Crippen LogP contribution is -2.35. The summed E-state index contributed by atoms with van der Waals surface area (Å²) in [6, 6.07) is 16.0. The van der Waals surface area contributed by atoms with Gasteiger partial charge in [0, 0.05) is 6.04 Å². The van der Waals surface area contributed by atoms with Crippen molar-refractivity contribution in [3.63, 3.8) is 0 Å². The first-order chi connectivity index (χ1) is 9.28. The first-order valence-electron chi connectivity index (χ1n) is 7.43. The molecule has 2 rings (SSSR count). The van der Waals surface area contributed by atoms with Crippen LogP contribution in [0.4, 0.5) is 0 Å². The Kier molecular flexibility index (Phi) is 4.98. The molecule has 0 saturated carbocycles. The Morgan fingerprint density at radius 3 is 2.26 bits per heavy atom. The molecule has 1 N–H and O–H groups in total. The summed E-state index contributed by atoms with van der Waals surface area (Å²) in [6.45, 7) is 4.58. The molecule has 2 aromatic carbocycles. The number of likely N-dealkylation sites (N-methyl/N-ethyl adjacent to an activating group) is 1. The van der Waals surface area contributed by atoms with E-state index in [0.717, 1.165) is 12.3 Å². The molecule has 0 spiro atoms. The molecule has 0 aliphatic heterocycles. The Hall–Kier alpha value is -1.34. The lowest BCUT2D eigenvalue weighted by Gasteiger charge is -2.25. The Morgan fingerprint density at radius 2 is 1.63 bits per heavy atom. The molecule has 0 amide bonds. The monoisotopic (exact) mass is 255 g/mol. The molecule has 0 saturated heterocycles. The van der Waals surface area contributed by atoms with E-state index in [1.807, 2.05) is 0 Å². The molecule has 0 aliphatic carbocycles. The Bertz CT molecular complexity index is 514. The van der Waals surface area contributed by atoms with Crippen molar-refractivity contribution in [3.8, 4) is 0 Å². The minimum Gasteiger partial charge on any atom is -0.316 e. The molecule has 0 bridgehead atoms. The van der Waals surface area contributed by atoms with E-state index in [0.29, 0.717) is 6.04 Å². The summed E-state index contributed by atoms with van der Waals surface area (Å²) in [5.74, 6) is 0.761. The molecule has 0 heterocycles. The minimum atomic E-state index is 0.580. The van der Waals surface area contributed by atoms with Crippen LogP contribution in [0.3, 0.4) is 0 Å². The van der Waals surface area contributed by atoms with Gasteiger partial charge in [0.05, 0.1) is 0 Å². The Balaban J connectivity index is 2.19. The molecule has 1 unspecified atom stereocenters. The fourth-order valence-corrected chi connectivity index (χ4v) is 2.98. The van der Waals surface area contributed by atoms with Crippen LogP contribution in [-0.2, 0) is 6.42 Å². The number of nitrogens with one attached hydrogen (secondary N) is 1. The quantitative estimate of drug-likeness (QED) is 0.806. The molecule has 2 aromatic rings. The second kappa shape index (κ2) is 6.72. The van der Waals surface area contributed by atoms with Crippen molar-refractivity contribution in [1.29, 1.82) is 0 Å². The highest BCUT2D eigenvalue weighted by Crippen LogP contribution is 2.20. The van der Waals surface area contributed by atoms with E-state index >= 15 is 0 Å². The third-order valence-electron chi connectivity index (χ3n) is 4.26. The van der Waals surface area contributed by atoms with E-state index < -0.39 is 0 Å². The van der Waals surface area contributed by atoms with Gasteiger partial charge in [-0.05, 0) is 35.7 Å². The lowest BCUT2D eigenvalue weighted by molar-refractivity contribution is 0.349. The van der Waals surface area contributed by atoms with Crippen molar-refractivity contribution >= 4 is 10.8 Å². The predicted molar refractivity (Wildman–Crippen MR) is 84.6 cm³/mol. The topological polar surface area (TPSA) is 12.0 Å². The maximum atomic E-state index is 3.50. The van der Waals surface area contributed by atoms with Gasteiger partial charge in [-0.15, -0.1) is 0 Å². The molecule has 19 heavy (non-hydrogen) atoms. The minimum absolute atomic E-state index is 0.580. The molecule has 102 valence electrons. The van der Waals surface area contributed by atoms with Gasteiger partial charge in [0.15, 0.2) is 0 Å². The number of benzene rings is 2. The van der Waals surface area contributed by atoms with Crippen LogP contribution in [0.2, 0.25) is 0 Å². The molecule has 0 fully saturated rings. The summed E-state index contributed by atoms with van der Waals surface area (Å²) in [5.41, 5.74) is 1.44. The average Bonchev–Trinajstić information content (AvgIpc) is 2.47. The third kappa shape index (κ3) is 3.36. The van der Waals surface area contributed by atoms with Crippen LogP contribution in [0.25, 0.3) is 10.8 Å². The van der Waals surface area contributed by atoms with Crippen LogP contribution in [0.5, 0.6) is 0 Å². The lowest BCUT2D eigenvalue weighted by atomic mass is 9.89.